The quantitative estimate of drug-likeness (QED) is 0.707. The van der Waals surface area contributed by atoms with Crippen LogP contribution < -0.4 is 5.32 Å². The zero-order chi connectivity index (χ0) is 20.7. The molecular weight excluding hydrogens is 375 g/mol. The number of halogens is 3. The molecule has 2 aromatic rings. The van der Waals surface area contributed by atoms with E-state index in [9.17, 15) is 27.9 Å². The predicted octanol–water partition coefficient (Wildman–Crippen LogP) is 3.03. The van der Waals surface area contributed by atoms with E-state index in [1.54, 1.807) is 0 Å². The number of carbonyl (C=O) groups excluding carboxylic acids is 2. The molecule has 0 aliphatic heterocycles. The van der Waals surface area contributed by atoms with Crippen molar-refractivity contribution in [2.24, 2.45) is 0 Å². The average Bonchev–Trinajstić information content (AvgIpc) is 2.70. The molecule has 5 nitrogen and oxygen atoms in total. The number of rotatable bonds is 7. The van der Waals surface area contributed by atoms with Crippen molar-refractivity contribution in [1.29, 1.82) is 0 Å². The fourth-order valence-electron chi connectivity index (χ4n) is 2.60. The number of aliphatic hydroxyl groups excluding tert-OH is 1. The van der Waals surface area contributed by atoms with Crippen LogP contribution in [0.4, 0.5) is 13.2 Å². The molecule has 1 amide bonds. The van der Waals surface area contributed by atoms with Gasteiger partial charge in [0.05, 0.1) is 12.7 Å². The van der Waals surface area contributed by atoms with Gasteiger partial charge in [0.15, 0.2) is 6.10 Å². The van der Waals surface area contributed by atoms with E-state index >= 15 is 0 Å². The second kappa shape index (κ2) is 9.36. The number of ether oxygens (including phenoxy) is 1. The van der Waals surface area contributed by atoms with Gasteiger partial charge in [-0.05, 0) is 36.1 Å². The standard InChI is InChI=1S/C20H20F3NO4/c1-28-19(27)16(12-7-13-5-3-2-4-6-13)24-18(26)17(25)14-8-10-15(11-9-14)20(21,22)23/h2-6,8-11,16-17,25H,7,12H2,1H3,(H,24,26)/t16-,17+/m0/s1. The summed E-state index contributed by atoms with van der Waals surface area (Å²) in [5.74, 6) is -1.58. The maximum absolute atomic E-state index is 12.6. The molecule has 2 N–H and O–H groups in total. The number of carbonyl (C=O) groups is 2. The van der Waals surface area contributed by atoms with E-state index < -0.39 is 35.8 Å². The summed E-state index contributed by atoms with van der Waals surface area (Å²) in [7, 11) is 1.18. The van der Waals surface area contributed by atoms with Crippen LogP contribution in [0.2, 0.25) is 0 Å². The normalized spacial score (nSPS) is 13.5. The van der Waals surface area contributed by atoms with Gasteiger partial charge in [-0.1, -0.05) is 42.5 Å². The van der Waals surface area contributed by atoms with Crippen molar-refractivity contribution in [1.82, 2.24) is 5.32 Å². The third-order valence-electron chi connectivity index (χ3n) is 4.17. The van der Waals surface area contributed by atoms with E-state index in [4.69, 9.17) is 0 Å². The van der Waals surface area contributed by atoms with Crippen LogP contribution in [0.15, 0.2) is 54.6 Å². The van der Waals surface area contributed by atoms with Gasteiger partial charge in [-0.15, -0.1) is 0 Å². The van der Waals surface area contributed by atoms with Crippen LogP contribution in [-0.4, -0.2) is 30.1 Å². The van der Waals surface area contributed by atoms with E-state index in [1.165, 1.54) is 7.11 Å². The molecular formula is C20H20F3NO4. The van der Waals surface area contributed by atoms with Gasteiger partial charge in [0.1, 0.15) is 6.04 Å². The summed E-state index contributed by atoms with van der Waals surface area (Å²) in [4.78, 5) is 24.2. The summed E-state index contributed by atoms with van der Waals surface area (Å²) >= 11 is 0. The van der Waals surface area contributed by atoms with Gasteiger partial charge in [0, 0.05) is 0 Å². The van der Waals surface area contributed by atoms with Crippen molar-refractivity contribution >= 4 is 11.9 Å². The molecule has 8 heteroatoms. The Morgan fingerprint density at radius 2 is 1.68 bits per heavy atom. The number of benzene rings is 2. The van der Waals surface area contributed by atoms with Crippen LogP contribution in [0.5, 0.6) is 0 Å². The molecule has 0 aliphatic carbocycles. The first-order chi connectivity index (χ1) is 13.2. The average molecular weight is 395 g/mol. The molecule has 0 heterocycles. The Balaban J connectivity index is 2.04. The lowest BCUT2D eigenvalue weighted by Gasteiger charge is -2.19. The maximum atomic E-state index is 12.6. The molecule has 2 rings (SSSR count). The molecule has 0 bridgehead atoms. The Labute approximate surface area is 160 Å². The Kier molecular flexibility index (Phi) is 7.17. The zero-order valence-corrected chi connectivity index (χ0v) is 15.1. The fraction of sp³-hybridized carbons (Fsp3) is 0.300. The highest BCUT2D eigenvalue weighted by atomic mass is 19.4. The van der Waals surface area contributed by atoms with Crippen molar-refractivity contribution in [2.45, 2.75) is 31.2 Å². The molecule has 0 spiro atoms. The molecule has 0 saturated carbocycles. The number of amides is 1. The molecule has 2 aromatic carbocycles. The highest BCUT2D eigenvalue weighted by Gasteiger charge is 2.31. The van der Waals surface area contributed by atoms with Crippen LogP contribution in [0.1, 0.15) is 29.2 Å². The third kappa shape index (κ3) is 5.82. The molecule has 0 aliphatic rings. The number of hydrogen-bond acceptors (Lipinski definition) is 4. The molecule has 0 unspecified atom stereocenters. The van der Waals surface area contributed by atoms with Crippen molar-refractivity contribution in [3.8, 4) is 0 Å². The van der Waals surface area contributed by atoms with Gasteiger partial charge in [0.2, 0.25) is 0 Å². The van der Waals surface area contributed by atoms with Crippen LogP contribution >= 0.6 is 0 Å². The first-order valence-electron chi connectivity index (χ1n) is 8.49. The topological polar surface area (TPSA) is 75.6 Å². The Morgan fingerprint density at radius 3 is 2.21 bits per heavy atom. The minimum Gasteiger partial charge on any atom is -0.467 e. The predicted molar refractivity (Wildman–Crippen MR) is 95.1 cm³/mol. The Hall–Kier alpha value is -2.87. The van der Waals surface area contributed by atoms with Gasteiger partial charge in [-0.3, -0.25) is 4.79 Å². The summed E-state index contributed by atoms with van der Waals surface area (Å²) in [5.41, 5.74) is 0.0465. The van der Waals surface area contributed by atoms with E-state index in [0.717, 1.165) is 29.8 Å². The van der Waals surface area contributed by atoms with Crippen LogP contribution in [0.3, 0.4) is 0 Å². The molecule has 0 fully saturated rings. The van der Waals surface area contributed by atoms with Crippen LogP contribution in [0.25, 0.3) is 0 Å². The molecule has 0 saturated heterocycles. The third-order valence-corrected chi connectivity index (χ3v) is 4.17. The first-order valence-corrected chi connectivity index (χ1v) is 8.49. The summed E-state index contributed by atoms with van der Waals surface area (Å²) in [6.07, 6.45) is -5.51. The zero-order valence-electron chi connectivity index (χ0n) is 15.1. The fourth-order valence-corrected chi connectivity index (χ4v) is 2.60. The van der Waals surface area contributed by atoms with Gasteiger partial charge in [0.25, 0.3) is 5.91 Å². The molecule has 150 valence electrons. The summed E-state index contributed by atoms with van der Waals surface area (Å²) in [6.45, 7) is 0. The van der Waals surface area contributed by atoms with E-state index in [0.29, 0.717) is 6.42 Å². The minimum atomic E-state index is -4.51. The second-order valence-corrected chi connectivity index (χ2v) is 6.13. The van der Waals surface area contributed by atoms with Gasteiger partial charge >= 0.3 is 12.1 Å². The SMILES string of the molecule is COC(=O)[C@H](CCc1ccccc1)NC(=O)[C@H](O)c1ccc(C(F)(F)F)cc1. The maximum Gasteiger partial charge on any atom is 0.416 e. The Bertz CT molecular complexity index is 791. The largest absolute Gasteiger partial charge is 0.467 e. The van der Waals surface area contributed by atoms with Crippen LogP contribution in [0, 0.1) is 0 Å². The summed E-state index contributed by atoms with van der Waals surface area (Å²) in [6, 6.07) is 11.9. The van der Waals surface area contributed by atoms with Crippen LogP contribution in [-0.2, 0) is 26.9 Å². The molecule has 2 atom stereocenters. The van der Waals surface area contributed by atoms with E-state index in [2.05, 4.69) is 10.1 Å². The lowest BCUT2D eigenvalue weighted by Crippen LogP contribution is -2.44. The lowest BCUT2D eigenvalue weighted by atomic mass is 10.0. The highest BCUT2D eigenvalue weighted by Crippen LogP contribution is 2.30. The van der Waals surface area contributed by atoms with Crippen molar-refractivity contribution in [3.05, 3.63) is 71.3 Å². The molecule has 0 aromatic heterocycles. The first kappa shape index (κ1) is 21.4. The van der Waals surface area contributed by atoms with Gasteiger partial charge < -0.3 is 15.2 Å². The number of alkyl halides is 3. The van der Waals surface area contributed by atoms with Crippen molar-refractivity contribution in [2.75, 3.05) is 7.11 Å². The summed E-state index contributed by atoms with van der Waals surface area (Å²) < 4.78 is 42.5. The van der Waals surface area contributed by atoms with E-state index in [-0.39, 0.29) is 12.0 Å². The number of nitrogens with one attached hydrogen (secondary N) is 1. The minimum absolute atomic E-state index is 0.0165. The van der Waals surface area contributed by atoms with Crippen molar-refractivity contribution in [3.63, 3.8) is 0 Å². The lowest BCUT2D eigenvalue weighted by molar-refractivity contribution is -0.146. The van der Waals surface area contributed by atoms with Gasteiger partial charge in [-0.2, -0.15) is 13.2 Å². The molecule has 0 radical (unpaired) electrons. The second-order valence-electron chi connectivity index (χ2n) is 6.13. The Morgan fingerprint density at radius 1 is 1.07 bits per heavy atom. The number of methoxy groups -OCH3 is 1. The number of aryl methyl sites for hydroxylation is 1. The number of esters is 1. The molecule has 28 heavy (non-hydrogen) atoms. The smallest absolute Gasteiger partial charge is 0.416 e. The highest BCUT2D eigenvalue weighted by molar-refractivity contribution is 5.87. The van der Waals surface area contributed by atoms with Gasteiger partial charge in [-0.25, -0.2) is 4.79 Å². The number of hydrogen-bond donors (Lipinski definition) is 2. The van der Waals surface area contributed by atoms with Crippen molar-refractivity contribution < 1.29 is 32.6 Å². The monoisotopic (exact) mass is 395 g/mol. The number of aliphatic hydroxyl groups is 1. The van der Waals surface area contributed by atoms with E-state index in [1.807, 2.05) is 30.3 Å². The summed E-state index contributed by atoms with van der Waals surface area (Å²) in [5, 5.41) is 12.5.